The number of rotatable bonds is 7. The van der Waals surface area contributed by atoms with Gasteiger partial charge in [-0.2, -0.15) is 0 Å². The lowest BCUT2D eigenvalue weighted by molar-refractivity contribution is 0.0697. The molecule has 1 N–H and O–H groups in total. The van der Waals surface area contributed by atoms with Gasteiger partial charge in [-0.15, -0.1) is 0 Å². The molecule has 0 atom stereocenters. The Balaban J connectivity index is 2.12. The molecule has 0 saturated heterocycles. The number of carboxylic acids is 1. The molecule has 0 saturated carbocycles. The quantitative estimate of drug-likeness (QED) is 0.700. The number of hydrogen-bond donors (Lipinski definition) is 1. The number of allylic oxidation sites excluding steroid dienone is 1. The molecular formula is C20H22O2. The van der Waals surface area contributed by atoms with Crippen LogP contribution in [-0.4, -0.2) is 11.1 Å². The predicted molar refractivity (Wildman–Crippen MR) is 91.2 cm³/mol. The SMILES string of the molecule is C=C(CCC)CCc1ccc(-c2ccccc2C(=O)O)cc1. The number of carboxylic acid groups (broad SMARTS) is 1. The summed E-state index contributed by atoms with van der Waals surface area (Å²) >= 11 is 0. The van der Waals surface area contributed by atoms with Crippen molar-refractivity contribution in [2.75, 3.05) is 0 Å². The van der Waals surface area contributed by atoms with Crippen molar-refractivity contribution >= 4 is 5.97 Å². The number of benzene rings is 2. The van der Waals surface area contributed by atoms with Crippen molar-refractivity contribution in [1.29, 1.82) is 0 Å². The Morgan fingerprint density at radius 1 is 1.05 bits per heavy atom. The van der Waals surface area contributed by atoms with Gasteiger partial charge in [-0.3, -0.25) is 0 Å². The summed E-state index contributed by atoms with van der Waals surface area (Å²) in [7, 11) is 0. The zero-order valence-electron chi connectivity index (χ0n) is 13.0. The topological polar surface area (TPSA) is 37.3 Å². The lowest BCUT2D eigenvalue weighted by Crippen LogP contribution is -1.99. The highest BCUT2D eigenvalue weighted by atomic mass is 16.4. The third kappa shape index (κ3) is 4.08. The van der Waals surface area contributed by atoms with E-state index in [1.54, 1.807) is 12.1 Å². The van der Waals surface area contributed by atoms with E-state index in [1.165, 1.54) is 11.1 Å². The predicted octanol–water partition coefficient (Wildman–Crippen LogP) is 5.34. The molecular weight excluding hydrogens is 272 g/mol. The Kier molecular flexibility index (Phi) is 5.54. The first-order chi connectivity index (χ1) is 10.6. The molecule has 114 valence electrons. The number of aryl methyl sites for hydroxylation is 1. The molecule has 0 bridgehead atoms. The molecule has 2 aromatic rings. The van der Waals surface area contributed by atoms with E-state index in [1.807, 2.05) is 24.3 Å². The maximum Gasteiger partial charge on any atom is 0.336 e. The van der Waals surface area contributed by atoms with Crippen LogP contribution < -0.4 is 0 Å². The summed E-state index contributed by atoms with van der Waals surface area (Å²) in [5.41, 5.74) is 4.59. The fourth-order valence-corrected chi connectivity index (χ4v) is 2.57. The van der Waals surface area contributed by atoms with Crippen LogP contribution in [0, 0.1) is 0 Å². The van der Waals surface area contributed by atoms with E-state index in [2.05, 4.69) is 25.6 Å². The third-order valence-electron chi connectivity index (χ3n) is 3.79. The van der Waals surface area contributed by atoms with Crippen LogP contribution in [0.15, 0.2) is 60.7 Å². The summed E-state index contributed by atoms with van der Waals surface area (Å²) in [5.74, 6) is -0.893. The molecule has 2 nitrogen and oxygen atoms in total. The number of aromatic carboxylic acids is 1. The van der Waals surface area contributed by atoms with Crippen molar-refractivity contribution in [3.63, 3.8) is 0 Å². The first-order valence-corrected chi connectivity index (χ1v) is 7.70. The summed E-state index contributed by atoms with van der Waals surface area (Å²) in [5, 5.41) is 9.27. The molecule has 0 aromatic heterocycles. The molecule has 0 unspecified atom stereocenters. The van der Waals surface area contributed by atoms with Crippen LogP contribution >= 0.6 is 0 Å². The van der Waals surface area contributed by atoms with Crippen molar-refractivity contribution in [1.82, 2.24) is 0 Å². The Bertz CT molecular complexity index is 654. The highest BCUT2D eigenvalue weighted by Gasteiger charge is 2.10. The standard InChI is InChI=1S/C20H22O2/c1-3-6-15(2)9-10-16-11-13-17(14-12-16)18-7-4-5-8-19(18)20(21)22/h4-5,7-8,11-14H,2-3,6,9-10H2,1H3,(H,21,22). The van der Waals surface area contributed by atoms with Gasteiger partial charge < -0.3 is 5.11 Å². The van der Waals surface area contributed by atoms with Crippen molar-refractivity contribution in [2.45, 2.75) is 32.6 Å². The first kappa shape index (κ1) is 16.0. The number of hydrogen-bond acceptors (Lipinski definition) is 1. The summed E-state index contributed by atoms with van der Waals surface area (Å²) in [6.07, 6.45) is 4.23. The van der Waals surface area contributed by atoms with Gasteiger partial charge in [-0.05, 0) is 42.0 Å². The molecule has 0 radical (unpaired) electrons. The summed E-state index contributed by atoms with van der Waals surface area (Å²) < 4.78 is 0. The van der Waals surface area contributed by atoms with Crippen LogP contribution in [-0.2, 0) is 6.42 Å². The van der Waals surface area contributed by atoms with Gasteiger partial charge >= 0.3 is 5.97 Å². The Morgan fingerprint density at radius 3 is 2.36 bits per heavy atom. The highest BCUT2D eigenvalue weighted by Crippen LogP contribution is 2.24. The van der Waals surface area contributed by atoms with Gasteiger partial charge in [-0.25, -0.2) is 4.79 Å². The largest absolute Gasteiger partial charge is 0.478 e. The second-order valence-electron chi connectivity index (χ2n) is 5.55. The van der Waals surface area contributed by atoms with Gasteiger partial charge in [0.2, 0.25) is 0 Å². The fourth-order valence-electron chi connectivity index (χ4n) is 2.57. The van der Waals surface area contributed by atoms with Crippen LogP contribution in [0.2, 0.25) is 0 Å². The van der Waals surface area contributed by atoms with E-state index in [0.29, 0.717) is 5.56 Å². The highest BCUT2D eigenvalue weighted by molar-refractivity contribution is 5.95. The minimum absolute atomic E-state index is 0.339. The second-order valence-corrected chi connectivity index (χ2v) is 5.55. The average Bonchev–Trinajstić information content (AvgIpc) is 2.54. The van der Waals surface area contributed by atoms with E-state index in [0.717, 1.165) is 36.8 Å². The Morgan fingerprint density at radius 2 is 1.73 bits per heavy atom. The smallest absolute Gasteiger partial charge is 0.336 e. The minimum atomic E-state index is -0.893. The number of carbonyl (C=O) groups is 1. The Hall–Kier alpha value is -2.35. The average molecular weight is 294 g/mol. The second kappa shape index (κ2) is 7.60. The van der Waals surface area contributed by atoms with Crippen LogP contribution in [0.4, 0.5) is 0 Å². The van der Waals surface area contributed by atoms with Gasteiger partial charge in [0, 0.05) is 0 Å². The molecule has 22 heavy (non-hydrogen) atoms. The Labute approximate surface area is 132 Å². The van der Waals surface area contributed by atoms with E-state index in [-0.39, 0.29) is 0 Å². The molecule has 0 aliphatic heterocycles. The monoisotopic (exact) mass is 294 g/mol. The molecule has 0 aliphatic rings. The van der Waals surface area contributed by atoms with Crippen LogP contribution in [0.3, 0.4) is 0 Å². The summed E-state index contributed by atoms with van der Waals surface area (Å²) in [6, 6.07) is 15.3. The van der Waals surface area contributed by atoms with Gasteiger partial charge in [0.05, 0.1) is 5.56 Å². The molecule has 2 aromatic carbocycles. The van der Waals surface area contributed by atoms with Gasteiger partial charge in [0.15, 0.2) is 0 Å². The maximum absolute atomic E-state index is 11.3. The zero-order chi connectivity index (χ0) is 15.9. The van der Waals surface area contributed by atoms with Gasteiger partial charge in [-0.1, -0.05) is 68.0 Å². The molecule has 0 fully saturated rings. The molecule has 2 heteroatoms. The molecule has 2 rings (SSSR count). The van der Waals surface area contributed by atoms with E-state index in [9.17, 15) is 9.90 Å². The van der Waals surface area contributed by atoms with Crippen LogP contribution in [0.5, 0.6) is 0 Å². The van der Waals surface area contributed by atoms with E-state index < -0.39 is 5.97 Å². The zero-order valence-corrected chi connectivity index (χ0v) is 13.0. The fraction of sp³-hybridized carbons (Fsp3) is 0.250. The molecule has 0 amide bonds. The first-order valence-electron chi connectivity index (χ1n) is 7.70. The van der Waals surface area contributed by atoms with E-state index in [4.69, 9.17) is 0 Å². The maximum atomic E-state index is 11.3. The van der Waals surface area contributed by atoms with Crippen molar-refractivity contribution in [3.05, 3.63) is 71.8 Å². The molecule has 0 aliphatic carbocycles. The molecule has 0 spiro atoms. The summed E-state index contributed by atoms with van der Waals surface area (Å²) in [4.78, 5) is 11.3. The van der Waals surface area contributed by atoms with Gasteiger partial charge in [0.1, 0.15) is 0 Å². The van der Waals surface area contributed by atoms with E-state index >= 15 is 0 Å². The third-order valence-corrected chi connectivity index (χ3v) is 3.79. The molecule has 0 heterocycles. The van der Waals surface area contributed by atoms with Crippen LogP contribution in [0.25, 0.3) is 11.1 Å². The van der Waals surface area contributed by atoms with Crippen LogP contribution in [0.1, 0.15) is 42.1 Å². The van der Waals surface area contributed by atoms with Crippen molar-refractivity contribution < 1.29 is 9.90 Å². The normalized spacial score (nSPS) is 10.4. The minimum Gasteiger partial charge on any atom is -0.478 e. The lowest BCUT2D eigenvalue weighted by Gasteiger charge is -2.08. The van der Waals surface area contributed by atoms with Gasteiger partial charge in [0.25, 0.3) is 0 Å². The summed E-state index contributed by atoms with van der Waals surface area (Å²) in [6.45, 7) is 6.26. The van der Waals surface area contributed by atoms with Crippen molar-refractivity contribution in [3.8, 4) is 11.1 Å². The van der Waals surface area contributed by atoms with Crippen molar-refractivity contribution in [2.24, 2.45) is 0 Å². The lowest BCUT2D eigenvalue weighted by atomic mass is 9.97.